The minimum absolute atomic E-state index is 0.0421. The second kappa shape index (κ2) is 11.4. The number of carbonyl (C=O) groups excluding carboxylic acids is 1. The maximum atomic E-state index is 13.5. The minimum Gasteiger partial charge on any atom is -0.405 e. The number of morpholine rings is 1. The number of fused-ring (bicyclic) bond motifs is 1. The average Bonchev–Trinajstić information content (AvgIpc) is 3.09. The van der Waals surface area contributed by atoms with Gasteiger partial charge >= 0.3 is 6.18 Å². The predicted molar refractivity (Wildman–Crippen MR) is 147 cm³/mol. The molecule has 2 aliphatic rings. The van der Waals surface area contributed by atoms with Gasteiger partial charge in [-0.15, -0.1) is 0 Å². The van der Waals surface area contributed by atoms with Gasteiger partial charge in [-0.1, -0.05) is 48.5 Å². The summed E-state index contributed by atoms with van der Waals surface area (Å²) in [5.74, 6) is -1.23. The monoisotopic (exact) mass is 565 g/mol. The Bertz CT molecular complexity index is 1530. The van der Waals surface area contributed by atoms with E-state index >= 15 is 0 Å². The summed E-state index contributed by atoms with van der Waals surface area (Å²) >= 11 is 0. The van der Waals surface area contributed by atoms with Crippen LogP contribution in [0.25, 0.3) is 0 Å². The number of benzodiazepines with no additional fused rings is 1. The Balaban J connectivity index is 1.46. The van der Waals surface area contributed by atoms with Crippen molar-refractivity contribution in [2.24, 2.45) is 15.7 Å². The van der Waals surface area contributed by atoms with E-state index in [1.54, 1.807) is 24.0 Å². The van der Waals surface area contributed by atoms with Gasteiger partial charge in [0.15, 0.2) is 0 Å². The Morgan fingerprint density at radius 3 is 2.66 bits per heavy atom. The lowest BCUT2D eigenvalue weighted by molar-refractivity contribution is -0.137. The van der Waals surface area contributed by atoms with Crippen molar-refractivity contribution in [3.63, 3.8) is 0 Å². The summed E-state index contributed by atoms with van der Waals surface area (Å²) in [6.45, 7) is 2.65. The van der Waals surface area contributed by atoms with Crippen LogP contribution in [0.4, 0.5) is 24.5 Å². The quantitative estimate of drug-likeness (QED) is 0.325. The molecule has 1 amide bonds. The van der Waals surface area contributed by atoms with Gasteiger partial charge in [-0.25, -0.2) is 9.98 Å². The summed E-state index contributed by atoms with van der Waals surface area (Å²) < 4.78 is 51.3. The standard InChI is InChI=1S/C28H26F3N7O3/c1-16-15-40-12-11-38(16)21-13-18(28(29,30)31)14-34-23(21)24(32)41-27(33)37-25-26(39)35-20-10-6-5-9-19(20)22(36-25)17-7-3-2-4-8-17/h2-10,13-14,16,25,32H,11-12,15H2,1H3,(H2,33,37)(H,35,39)/t16-,25?/m1/s1. The third kappa shape index (κ3) is 6.04. The molecule has 3 heterocycles. The molecule has 13 heteroatoms. The number of anilines is 2. The topological polar surface area (TPSA) is 138 Å². The maximum absolute atomic E-state index is 13.5. The van der Waals surface area contributed by atoms with Crippen LogP contribution in [-0.4, -0.2) is 60.5 Å². The molecule has 212 valence electrons. The molecule has 0 spiro atoms. The summed E-state index contributed by atoms with van der Waals surface area (Å²) in [6.07, 6.45) is -5.38. The van der Waals surface area contributed by atoms with Crippen LogP contribution in [-0.2, 0) is 20.4 Å². The molecule has 1 saturated heterocycles. The van der Waals surface area contributed by atoms with Gasteiger partial charge in [0, 0.05) is 29.9 Å². The third-order valence-electron chi connectivity index (χ3n) is 6.52. The summed E-state index contributed by atoms with van der Waals surface area (Å²) in [6, 6.07) is 16.4. The van der Waals surface area contributed by atoms with Gasteiger partial charge in [0.25, 0.3) is 11.9 Å². The van der Waals surface area contributed by atoms with Crippen LogP contribution in [0.5, 0.6) is 0 Å². The van der Waals surface area contributed by atoms with Crippen molar-refractivity contribution in [2.75, 3.05) is 30.0 Å². The average molecular weight is 566 g/mol. The number of benzene rings is 2. The van der Waals surface area contributed by atoms with Crippen molar-refractivity contribution >= 4 is 34.9 Å². The molecule has 3 aromatic rings. The van der Waals surface area contributed by atoms with E-state index in [1.807, 2.05) is 42.5 Å². The number of amidine groups is 1. The second-order valence-corrected chi connectivity index (χ2v) is 9.36. The molecule has 2 atom stereocenters. The number of hydrogen-bond acceptors (Lipinski definition) is 8. The van der Waals surface area contributed by atoms with Gasteiger partial charge in [0.05, 0.1) is 35.9 Å². The number of halogens is 3. The van der Waals surface area contributed by atoms with Gasteiger partial charge in [-0.2, -0.15) is 18.2 Å². The molecule has 41 heavy (non-hydrogen) atoms. The van der Waals surface area contributed by atoms with Crippen molar-refractivity contribution < 1.29 is 27.4 Å². The lowest BCUT2D eigenvalue weighted by atomic mass is 10.0. The summed E-state index contributed by atoms with van der Waals surface area (Å²) in [4.78, 5) is 27.3. The fourth-order valence-electron chi connectivity index (χ4n) is 4.55. The number of nitrogens with two attached hydrogens (primary N) is 1. The number of ether oxygens (including phenoxy) is 2. The van der Waals surface area contributed by atoms with Crippen LogP contribution in [0, 0.1) is 5.41 Å². The smallest absolute Gasteiger partial charge is 0.405 e. The molecule has 1 aromatic heterocycles. The first-order valence-electron chi connectivity index (χ1n) is 12.7. The molecule has 4 N–H and O–H groups in total. The molecule has 2 aromatic carbocycles. The second-order valence-electron chi connectivity index (χ2n) is 9.36. The Morgan fingerprint density at radius 2 is 1.93 bits per heavy atom. The highest BCUT2D eigenvalue weighted by atomic mass is 19.4. The fraction of sp³-hybridized carbons (Fsp3) is 0.250. The lowest BCUT2D eigenvalue weighted by Crippen LogP contribution is -2.44. The van der Waals surface area contributed by atoms with E-state index in [0.717, 1.165) is 11.6 Å². The molecule has 0 radical (unpaired) electrons. The van der Waals surface area contributed by atoms with E-state index < -0.39 is 35.7 Å². The number of amides is 1. The van der Waals surface area contributed by atoms with Crippen molar-refractivity contribution in [3.8, 4) is 0 Å². The van der Waals surface area contributed by atoms with E-state index in [-0.39, 0.29) is 30.6 Å². The van der Waals surface area contributed by atoms with Crippen LogP contribution >= 0.6 is 0 Å². The van der Waals surface area contributed by atoms with E-state index in [1.165, 1.54) is 0 Å². The van der Waals surface area contributed by atoms with Crippen LogP contribution in [0.3, 0.4) is 0 Å². The van der Waals surface area contributed by atoms with Crippen molar-refractivity contribution in [1.82, 2.24) is 4.98 Å². The lowest BCUT2D eigenvalue weighted by Gasteiger charge is -2.36. The SMILES string of the molecule is C[C@@H]1COCCN1c1cc(C(F)(F)F)cnc1C(=N)O/C(N)=N/C1N=C(c2ccccc2)c2ccccc2NC1=O. The van der Waals surface area contributed by atoms with Crippen LogP contribution in [0.15, 0.2) is 76.8 Å². The highest BCUT2D eigenvalue weighted by molar-refractivity contribution is 6.19. The zero-order valence-electron chi connectivity index (χ0n) is 21.9. The molecule has 1 fully saturated rings. The molecular weight excluding hydrogens is 539 g/mol. The number of pyridine rings is 1. The minimum atomic E-state index is -4.64. The number of rotatable bonds is 4. The van der Waals surface area contributed by atoms with Gasteiger partial charge in [-0.05, 0) is 19.1 Å². The number of nitrogens with one attached hydrogen (secondary N) is 2. The summed E-state index contributed by atoms with van der Waals surface area (Å²) in [7, 11) is 0. The van der Waals surface area contributed by atoms with Gasteiger partial charge in [0.2, 0.25) is 12.1 Å². The van der Waals surface area contributed by atoms with Crippen LogP contribution in [0.1, 0.15) is 29.3 Å². The normalized spacial score (nSPS) is 19.5. The molecule has 0 saturated carbocycles. The number of para-hydroxylation sites is 1. The third-order valence-corrected chi connectivity index (χ3v) is 6.52. The van der Waals surface area contributed by atoms with E-state index in [4.69, 9.17) is 20.6 Å². The van der Waals surface area contributed by atoms with Crippen molar-refractivity contribution in [1.29, 1.82) is 5.41 Å². The van der Waals surface area contributed by atoms with Gasteiger partial charge < -0.3 is 25.4 Å². The zero-order valence-corrected chi connectivity index (χ0v) is 21.9. The number of carbonyl (C=O) groups is 1. The largest absolute Gasteiger partial charge is 0.417 e. The maximum Gasteiger partial charge on any atom is 0.417 e. The van der Waals surface area contributed by atoms with E-state index in [2.05, 4.69) is 20.3 Å². The molecular formula is C28H26F3N7O3. The highest BCUT2D eigenvalue weighted by Gasteiger charge is 2.34. The molecule has 2 aliphatic heterocycles. The molecule has 10 nitrogen and oxygen atoms in total. The van der Waals surface area contributed by atoms with E-state index in [0.29, 0.717) is 29.8 Å². The molecule has 5 rings (SSSR count). The van der Waals surface area contributed by atoms with Crippen molar-refractivity contribution in [3.05, 3.63) is 89.2 Å². The van der Waals surface area contributed by atoms with E-state index in [9.17, 15) is 18.0 Å². The Morgan fingerprint density at radius 1 is 1.20 bits per heavy atom. The molecule has 0 aliphatic carbocycles. The summed E-state index contributed by atoms with van der Waals surface area (Å²) in [5.41, 5.74) is 7.33. The number of aliphatic imine (C=N–C) groups is 2. The Kier molecular flexibility index (Phi) is 7.70. The van der Waals surface area contributed by atoms with Crippen molar-refractivity contribution in [2.45, 2.75) is 25.3 Å². The van der Waals surface area contributed by atoms with Gasteiger partial charge in [0.1, 0.15) is 5.69 Å². The van der Waals surface area contributed by atoms with Crippen LogP contribution < -0.4 is 16.0 Å². The first-order valence-corrected chi connectivity index (χ1v) is 12.7. The predicted octanol–water partition coefficient (Wildman–Crippen LogP) is 3.80. The Hall–Kier alpha value is -4.78. The van der Waals surface area contributed by atoms with Gasteiger partial charge in [-0.3, -0.25) is 10.2 Å². The Labute approximate surface area is 233 Å². The number of nitrogens with zero attached hydrogens (tertiary/aromatic N) is 4. The first-order chi connectivity index (χ1) is 19.6. The molecule has 1 unspecified atom stereocenters. The first kappa shape index (κ1) is 27.8. The highest BCUT2D eigenvalue weighted by Crippen LogP contribution is 2.34. The summed E-state index contributed by atoms with van der Waals surface area (Å²) in [5, 5.41) is 11.3. The number of hydrogen-bond donors (Lipinski definition) is 3. The molecule has 0 bridgehead atoms. The van der Waals surface area contributed by atoms with Crippen LogP contribution in [0.2, 0.25) is 0 Å². The number of aromatic nitrogens is 1. The number of alkyl halides is 3. The fourth-order valence-corrected chi connectivity index (χ4v) is 4.55. The zero-order chi connectivity index (χ0) is 29.1.